The van der Waals surface area contributed by atoms with E-state index in [1.165, 1.54) is 6.08 Å². The van der Waals surface area contributed by atoms with E-state index in [9.17, 15) is 13.8 Å². The van der Waals surface area contributed by atoms with Crippen molar-refractivity contribution in [3.05, 3.63) is 0 Å². The van der Waals surface area contributed by atoms with Gasteiger partial charge < -0.3 is 0 Å². The first-order valence-electron chi connectivity index (χ1n) is 2.40. The number of halogens is 2. The van der Waals surface area contributed by atoms with Crippen molar-refractivity contribution in [2.24, 2.45) is 4.99 Å². The van der Waals surface area contributed by atoms with Gasteiger partial charge >= 0.3 is 0 Å². The SMILES string of the molecule is O=C=NCCCN(F)F. The zero-order chi connectivity index (χ0) is 7.11. The zero-order valence-electron chi connectivity index (χ0n) is 4.68. The first-order valence-corrected chi connectivity index (χ1v) is 2.40. The summed E-state index contributed by atoms with van der Waals surface area (Å²) < 4.78 is 22.3. The lowest BCUT2D eigenvalue weighted by Crippen LogP contribution is -2.03. The van der Waals surface area contributed by atoms with Gasteiger partial charge in [-0.15, -0.1) is 8.96 Å². The summed E-state index contributed by atoms with van der Waals surface area (Å²) in [6, 6.07) is 0. The highest BCUT2D eigenvalue weighted by Crippen LogP contribution is 1.90. The van der Waals surface area contributed by atoms with Gasteiger partial charge in [0.15, 0.2) is 0 Å². The van der Waals surface area contributed by atoms with Gasteiger partial charge in [0.2, 0.25) is 6.08 Å². The lowest BCUT2D eigenvalue weighted by molar-refractivity contribution is -0.152. The average Bonchev–Trinajstić information content (AvgIpc) is 1.80. The van der Waals surface area contributed by atoms with Crippen LogP contribution in [0.4, 0.5) is 8.96 Å². The molecule has 0 rings (SSSR count). The molecule has 9 heavy (non-hydrogen) atoms. The lowest BCUT2D eigenvalue weighted by atomic mass is 10.4. The van der Waals surface area contributed by atoms with Crippen LogP contribution in [0.1, 0.15) is 6.42 Å². The fourth-order valence-electron chi connectivity index (χ4n) is 0.315. The number of hydrogen-bond acceptors (Lipinski definition) is 3. The van der Waals surface area contributed by atoms with Gasteiger partial charge in [0.1, 0.15) is 0 Å². The second kappa shape index (κ2) is 5.34. The lowest BCUT2D eigenvalue weighted by Gasteiger charge is -1.94. The van der Waals surface area contributed by atoms with Crippen molar-refractivity contribution < 1.29 is 13.8 Å². The monoisotopic (exact) mass is 136 g/mol. The summed E-state index contributed by atoms with van der Waals surface area (Å²) in [5.41, 5.74) is 0. The highest BCUT2D eigenvalue weighted by Gasteiger charge is 1.95. The van der Waals surface area contributed by atoms with Gasteiger partial charge in [0.05, 0.1) is 13.1 Å². The minimum absolute atomic E-state index is 0.119. The molecule has 0 aromatic heterocycles. The summed E-state index contributed by atoms with van der Waals surface area (Å²) in [5, 5.41) is -0.944. The fraction of sp³-hybridized carbons (Fsp3) is 0.750. The summed E-state index contributed by atoms with van der Waals surface area (Å²) in [6.45, 7) is -0.237. The molecule has 0 unspecified atom stereocenters. The zero-order valence-corrected chi connectivity index (χ0v) is 4.68. The Bertz CT molecular complexity index is 111. The van der Waals surface area contributed by atoms with Gasteiger partial charge in [0, 0.05) is 5.34 Å². The normalized spacial score (nSPS) is 9.22. The number of hydrogen-bond donors (Lipinski definition) is 0. The van der Waals surface area contributed by atoms with Crippen LogP contribution in [0.2, 0.25) is 0 Å². The number of nitrogens with zero attached hydrogens (tertiary/aromatic N) is 2. The molecule has 3 nitrogen and oxygen atoms in total. The molecule has 0 aliphatic carbocycles. The summed E-state index contributed by atoms with van der Waals surface area (Å²) in [7, 11) is 0. The third-order valence-electron chi connectivity index (χ3n) is 0.662. The topological polar surface area (TPSA) is 32.7 Å². The smallest absolute Gasteiger partial charge is 0.211 e. The Morgan fingerprint density at radius 3 is 2.67 bits per heavy atom. The Kier molecular flexibility index (Phi) is 4.86. The van der Waals surface area contributed by atoms with Gasteiger partial charge in [-0.3, -0.25) is 0 Å². The van der Waals surface area contributed by atoms with E-state index in [0.717, 1.165) is 0 Å². The van der Waals surface area contributed by atoms with Crippen LogP contribution in [0, 0.1) is 0 Å². The largest absolute Gasteiger partial charge is 0.234 e. The van der Waals surface area contributed by atoms with Crippen molar-refractivity contribution in [3.8, 4) is 0 Å². The second-order valence-electron chi connectivity index (χ2n) is 1.35. The maximum atomic E-state index is 11.2. The van der Waals surface area contributed by atoms with Gasteiger partial charge in [-0.2, -0.15) is 0 Å². The molecular weight excluding hydrogens is 130 g/mol. The van der Waals surface area contributed by atoms with Crippen molar-refractivity contribution in [2.45, 2.75) is 6.42 Å². The predicted molar refractivity (Wildman–Crippen MR) is 26.5 cm³/mol. The van der Waals surface area contributed by atoms with E-state index >= 15 is 0 Å². The van der Waals surface area contributed by atoms with Crippen LogP contribution in [0.15, 0.2) is 4.99 Å². The van der Waals surface area contributed by atoms with E-state index < -0.39 is 5.34 Å². The quantitative estimate of drug-likeness (QED) is 0.247. The molecule has 0 aliphatic rings. The molecule has 52 valence electrons. The van der Waals surface area contributed by atoms with Crippen LogP contribution in [-0.2, 0) is 4.79 Å². The molecule has 0 atom stereocenters. The van der Waals surface area contributed by atoms with E-state index in [0.29, 0.717) is 0 Å². The van der Waals surface area contributed by atoms with Crippen molar-refractivity contribution >= 4 is 6.08 Å². The van der Waals surface area contributed by atoms with E-state index in [2.05, 4.69) is 4.99 Å². The highest BCUT2D eigenvalue weighted by molar-refractivity contribution is 5.32. The predicted octanol–water partition coefficient (Wildman–Crippen LogP) is 0.783. The molecule has 0 saturated carbocycles. The van der Waals surface area contributed by atoms with E-state index in [1.807, 2.05) is 0 Å². The second-order valence-corrected chi connectivity index (χ2v) is 1.35. The Balaban J connectivity index is 3.00. The minimum Gasteiger partial charge on any atom is -0.211 e. The molecule has 0 N–H and O–H groups in total. The van der Waals surface area contributed by atoms with Crippen molar-refractivity contribution in [2.75, 3.05) is 13.1 Å². The molecule has 0 bridgehead atoms. The summed E-state index contributed by atoms with van der Waals surface area (Å²) in [4.78, 5) is 12.4. The molecule has 0 fully saturated rings. The summed E-state index contributed by atoms with van der Waals surface area (Å²) in [5.74, 6) is 0. The minimum atomic E-state index is -0.944. The number of carbonyl (C=O) groups excluding carboxylic acids is 1. The Morgan fingerprint density at radius 2 is 2.22 bits per heavy atom. The molecule has 5 heteroatoms. The van der Waals surface area contributed by atoms with Crippen LogP contribution in [0.25, 0.3) is 0 Å². The standard InChI is InChI=1S/C4H6F2N2O/c5-8(6)3-1-2-7-4-9/h1-3H2. The number of aliphatic imine (C=N–C) groups is 1. The number of rotatable bonds is 4. The Morgan fingerprint density at radius 1 is 1.56 bits per heavy atom. The van der Waals surface area contributed by atoms with Crippen LogP contribution in [-0.4, -0.2) is 24.5 Å². The van der Waals surface area contributed by atoms with Crippen molar-refractivity contribution in [1.29, 1.82) is 0 Å². The first kappa shape index (κ1) is 8.20. The number of isocyanates is 1. The van der Waals surface area contributed by atoms with Gasteiger partial charge in [0.25, 0.3) is 0 Å². The Labute approximate surface area is 50.9 Å². The van der Waals surface area contributed by atoms with Crippen molar-refractivity contribution in [1.82, 2.24) is 5.34 Å². The van der Waals surface area contributed by atoms with E-state index in [4.69, 9.17) is 0 Å². The molecule has 0 aromatic carbocycles. The van der Waals surface area contributed by atoms with E-state index in [1.54, 1.807) is 0 Å². The third-order valence-corrected chi connectivity index (χ3v) is 0.662. The van der Waals surface area contributed by atoms with Gasteiger partial charge in [-0.25, -0.2) is 9.79 Å². The Hall–Kier alpha value is -0.800. The molecular formula is C4H6F2N2O. The van der Waals surface area contributed by atoms with Gasteiger partial charge in [-0.1, -0.05) is 0 Å². The fourth-order valence-corrected chi connectivity index (χ4v) is 0.315. The first-order chi connectivity index (χ1) is 4.27. The molecule has 0 aromatic rings. The van der Waals surface area contributed by atoms with Crippen LogP contribution >= 0.6 is 0 Å². The third kappa shape index (κ3) is 7.20. The van der Waals surface area contributed by atoms with E-state index in [-0.39, 0.29) is 19.5 Å². The van der Waals surface area contributed by atoms with Crippen LogP contribution in [0.3, 0.4) is 0 Å². The van der Waals surface area contributed by atoms with Gasteiger partial charge in [-0.05, 0) is 6.42 Å². The molecule has 0 amide bonds. The maximum Gasteiger partial charge on any atom is 0.234 e. The average molecular weight is 136 g/mol. The molecule has 0 saturated heterocycles. The highest BCUT2D eigenvalue weighted by atomic mass is 19.4. The van der Waals surface area contributed by atoms with Crippen LogP contribution in [0.5, 0.6) is 0 Å². The molecule has 0 heterocycles. The molecule has 0 aliphatic heterocycles. The summed E-state index contributed by atoms with van der Waals surface area (Å²) in [6.07, 6.45) is 1.44. The van der Waals surface area contributed by atoms with Crippen molar-refractivity contribution in [3.63, 3.8) is 0 Å². The molecule has 0 spiro atoms. The summed E-state index contributed by atoms with van der Waals surface area (Å²) >= 11 is 0. The maximum absolute atomic E-state index is 11.2. The molecule has 0 radical (unpaired) electrons. The van der Waals surface area contributed by atoms with Crippen LogP contribution < -0.4 is 0 Å².